The van der Waals surface area contributed by atoms with Crippen molar-refractivity contribution in [3.05, 3.63) is 29.8 Å². The van der Waals surface area contributed by atoms with Crippen molar-refractivity contribution in [3.63, 3.8) is 0 Å². The van der Waals surface area contributed by atoms with Crippen LogP contribution >= 0.6 is 0 Å². The van der Waals surface area contributed by atoms with E-state index in [2.05, 4.69) is 16.9 Å². The zero-order valence-corrected chi connectivity index (χ0v) is 13.4. The fraction of sp³-hybridized carbons (Fsp3) is 0.444. The van der Waals surface area contributed by atoms with Crippen LogP contribution in [0, 0.1) is 23.7 Å². The molecule has 0 spiro atoms. The average molecular weight is 311 g/mol. The summed E-state index contributed by atoms with van der Waals surface area (Å²) in [6, 6.07) is 8.82. The van der Waals surface area contributed by atoms with Crippen LogP contribution in [0.1, 0.15) is 18.9 Å². The molecule has 0 N–H and O–H groups in total. The lowest BCUT2D eigenvalue weighted by Gasteiger charge is -2.35. The first-order valence-corrected chi connectivity index (χ1v) is 7.75. The molecule has 5 heteroatoms. The van der Waals surface area contributed by atoms with Gasteiger partial charge in [0, 0.05) is 39.1 Å². The number of carbonyl (C=O) groups is 1. The predicted octanol–water partition coefficient (Wildman–Crippen LogP) is 1.49. The highest BCUT2D eigenvalue weighted by Crippen LogP contribution is 2.15. The second kappa shape index (κ2) is 8.22. The van der Waals surface area contributed by atoms with Crippen LogP contribution in [0.4, 0.5) is 0 Å². The van der Waals surface area contributed by atoms with Gasteiger partial charge in [0.2, 0.25) is 0 Å². The van der Waals surface area contributed by atoms with Crippen molar-refractivity contribution in [1.29, 1.82) is 5.26 Å². The number of nitriles is 1. The molecule has 1 aliphatic rings. The van der Waals surface area contributed by atoms with Crippen molar-refractivity contribution < 1.29 is 9.53 Å². The van der Waals surface area contributed by atoms with Gasteiger partial charge in [-0.15, -0.1) is 12.3 Å². The first-order valence-electron chi connectivity index (χ1n) is 7.75. The van der Waals surface area contributed by atoms with Crippen molar-refractivity contribution >= 4 is 5.91 Å². The summed E-state index contributed by atoms with van der Waals surface area (Å²) in [6.07, 6.45) is 5.48. The molecule has 2 rings (SSSR count). The van der Waals surface area contributed by atoms with E-state index in [9.17, 15) is 4.79 Å². The topological polar surface area (TPSA) is 56.6 Å². The first kappa shape index (κ1) is 16.9. The van der Waals surface area contributed by atoms with E-state index < -0.39 is 6.10 Å². The Kier molecular flexibility index (Phi) is 6.02. The maximum Gasteiger partial charge on any atom is 0.263 e. The van der Waals surface area contributed by atoms with Gasteiger partial charge >= 0.3 is 0 Å². The maximum absolute atomic E-state index is 12.4. The van der Waals surface area contributed by atoms with Crippen molar-refractivity contribution in [2.24, 2.45) is 0 Å². The highest BCUT2D eigenvalue weighted by molar-refractivity contribution is 5.81. The van der Waals surface area contributed by atoms with Crippen molar-refractivity contribution in [2.45, 2.75) is 19.4 Å². The van der Waals surface area contributed by atoms with Crippen LogP contribution < -0.4 is 4.74 Å². The van der Waals surface area contributed by atoms with E-state index >= 15 is 0 Å². The minimum atomic E-state index is -0.541. The molecule has 5 nitrogen and oxygen atoms in total. The van der Waals surface area contributed by atoms with Crippen LogP contribution in [0.3, 0.4) is 0 Å². The summed E-state index contributed by atoms with van der Waals surface area (Å²) in [7, 11) is 0. The van der Waals surface area contributed by atoms with Crippen molar-refractivity contribution in [2.75, 3.05) is 32.7 Å². The molecule has 1 aliphatic heterocycles. The highest BCUT2D eigenvalue weighted by atomic mass is 16.5. The summed E-state index contributed by atoms with van der Waals surface area (Å²) >= 11 is 0. The van der Waals surface area contributed by atoms with Gasteiger partial charge in [-0.3, -0.25) is 9.69 Å². The molecule has 1 aromatic carbocycles. The summed E-state index contributed by atoms with van der Waals surface area (Å²) in [4.78, 5) is 16.6. The molecule has 1 saturated heterocycles. The van der Waals surface area contributed by atoms with E-state index in [4.69, 9.17) is 16.4 Å². The Labute approximate surface area is 137 Å². The van der Waals surface area contributed by atoms with Gasteiger partial charge in [-0.25, -0.2) is 0 Å². The SMILES string of the molecule is C#CCCN1CCN(C(=O)[C@@H](C)Oc2ccc(C#N)cc2)CC1. The number of piperazine rings is 1. The second-order valence-corrected chi connectivity index (χ2v) is 5.52. The Bertz CT molecular complexity index is 605. The molecule has 1 heterocycles. The summed E-state index contributed by atoms with van der Waals surface area (Å²) < 4.78 is 5.68. The second-order valence-electron chi connectivity index (χ2n) is 5.52. The predicted molar refractivity (Wildman–Crippen MR) is 87.7 cm³/mol. The number of ether oxygens (including phenoxy) is 1. The summed E-state index contributed by atoms with van der Waals surface area (Å²) in [6.45, 7) is 5.73. The number of hydrogen-bond acceptors (Lipinski definition) is 4. The largest absolute Gasteiger partial charge is 0.481 e. The number of amides is 1. The number of nitrogens with zero attached hydrogens (tertiary/aromatic N) is 3. The monoisotopic (exact) mass is 311 g/mol. The van der Waals surface area contributed by atoms with E-state index in [1.54, 1.807) is 31.2 Å². The van der Waals surface area contributed by atoms with Gasteiger partial charge in [0.05, 0.1) is 11.6 Å². The van der Waals surface area contributed by atoms with Gasteiger partial charge in [0.1, 0.15) is 5.75 Å². The molecule has 23 heavy (non-hydrogen) atoms. The lowest BCUT2D eigenvalue weighted by atomic mass is 10.2. The van der Waals surface area contributed by atoms with Gasteiger partial charge in [0.15, 0.2) is 6.10 Å². The fourth-order valence-electron chi connectivity index (χ4n) is 2.53. The Morgan fingerprint density at radius 2 is 1.96 bits per heavy atom. The normalized spacial score (nSPS) is 16.2. The molecule has 1 aromatic rings. The third kappa shape index (κ3) is 4.74. The van der Waals surface area contributed by atoms with Crippen LogP contribution in [-0.2, 0) is 4.79 Å². The third-order valence-corrected chi connectivity index (χ3v) is 3.90. The highest BCUT2D eigenvalue weighted by Gasteiger charge is 2.25. The lowest BCUT2D eigenvalue weighted by molar-refractivity contribution is -0.139. The summed E-state index contributed by atoms with van der Waals surface area (Å²) in [5, 5.41) is 8.78. The Morgan fingerprint density at radius 1 is 1.30 bits per heavy atom. The van der Waals surface area contributed by atoms with Crippen LogP contribution in [0.2, 0.25) is 0 Å². The van der Waals surface area contributed by atoms with E-state index in [1.807, 2.05) is 4.90 Å². The van der Waals surface area contributed by atoms with E-state index in [1.165, 1.54) is 0 Å². The van der Waals surface area contributed by atoms with Gasteiger partial charge in [-0.1, -0.05) is 0 Å². The number of benzene rings is 1. The van der Waals surface area contributed by atoms with Crippen LogP contribution in [0.15, 0.2) is 24.3 Å². The Morgan fingerprint density at radius 3 is 2.52 bits per heavy atom. The molecule has 0 radical (unpaired) electrons. The third-order valence-electron chi connectivity index (χ3n) is 3.90. The van der Waals surface area contributed by atoms with Gasteiger partial charge in [-0.05, 0) is 31.2 Å². The zero-order valence-electron chi connectivity index (χ0n) is 13.4. The summed E-state index contributed by atoms with van der Waals surface area (Å²) in [5.41, 5.74) is 0.569. The van der Waals surface area contributed by atoms with Gasteiger partial charge in [-0.2, -0.15) is 5.26 Å². The minimum absolute atomic E-state index is 0.00837. The van der Waals surface area contributed by atoms with E-state index in [-0.39, 0.29) is 5.91 Å². The number of hydrogen-bond donors (Lipinski definition) is 0. The van der Waals surface area contributed by atoms with Gasteiger partial charge in [0.25, 0.3) is 5.91 Å². The van der Waals surface area contributed by atoms with Crippen molar-refractivity contribution in [1.82, 2.24) is 9.80 Å². The molecular formula is C18H21N3O2. The van der Waals surface area contributed by atoms with Crippen LogP contribution in [0.5, 0.6) is 5.75 Å². The van der Waals surface area contributed by atoms with Crippen molar-refractivity contribution in [3.8, 4) is 24.2 Å². The van der Waals surface area contributed by atoms with Crippen LogP contribution in [-0.4, -0.2) is 54.5 Å². The number of rotatable bonds is 5. The van der Waals surface area contributed by atoms with E-state index in [0.29, 0.717) is 24.4 Å². The number of carbonyl (C=O) groups excluding carboxylic acids is 1. The Hall–Kier alpha value is -2.50. The van der Waals surface area contributed by atoms with E-state index in [0.717, 1.165) is 26.1 Å². The van der Waals surface area contributed by atoms with Crippen LogP contribution in [0.25, 0.3) is 0 Å². The molecule has 0 unspecified atom stereocenters. The zero-order chi connectivity index (χ0) is 16.7. The smallest absolute Gasteiger partial charge is 0.263 e. The molecular weight excluding hydrogens is 290 g/mol. The maximum atomic E-state index is 12.4. The van der Waals surface area contributed by atoms with Gasteiger partial charge < -0.3 is 9.64 Å². The average Bonchev–Trinajstić information content (AvgIpc) is 2.60. The molecule has 0 bridgehead atoms. The lowest BCUT2D eigenvalue weighted by Crippen LogP contribution is -2.51. The molecule has 0 aliphatic carbocycles. The molecule has 120 valence electrons. The number of terminal acetylenes is 1. The first-order chi connectivity index (χ1) is 11.1. The minimum Gasteiger partial charge on any atom is -0.481 e. The molecule has 0 saturated carbocycles. The molecule has 1 fully saturated rings. The fourth-order valence-corrected chi connectivity index (χ4v) is 2.53. The summed E-state index contributed by atoms with van der Waals surface area (Å²) in [5.74, 6) is 3.23. The quantitative estimate of drug-likeness (QED) is 0.773. The molecule has 0 aromatic heterocycles. The molecule has 1 amide bonds. The molecule has 1 atom stereocenters. The standard InChI is InChI=1S/C18H21N3O2/c1-3-4-9-20-10-12-21(13-11-20)18(22)15(2)23-17-7-5-16(14-19)6-8-17/h1,5-8,15H,4,9-13H2,2H3/t15-/m1/s1. The Balaban J connectivity index is 1.83.